The zero-order valence-electron chi connectivity index (χ0n) is 17.9. The molecule has 1 heterocycles. The van der Waals surface area contributed by atoms with E-state index < -0.39 is 0 Å². The van der Waals surface area contributed by atoms with Gasteiger partial charge >= 0.3 is 0 Å². The number of carbonyl (C=O) groups excluding carboxylic acids is 1. The first-order valence-electron chi connectivity index (χ1n) is 10.3. The fraction of sp³-hybridized carbons (Fsp3) is 0.200. The van der Waals surface area contributed by atoms with Crippen LogP contribution in [0.4, 0.5) is 0 Å². The standard InChI is InChI=1S/C25H24ClN3O3/c1-17(27-25(30)18-11-13-19(26)14-12-18)24-28-20-7-3-4-8-21(20)29(24)15-16-32-23-10-6-5-9-22(23)31-2/h3-14,17H,15-16H2,1-2H3,(H,27,30). The summed E-state index contributed by atoms with van der Waals surface area (Å²) in [5.41, 5.74) is 2.40. The van der Waals surface area contributed by atoms with E-state index in [-0.39, 0.29) is 11.9 Å². The van der Waals surface area contributed by atoms with Gasteiger partial charge < -0.3 is 19.4 Å². The number of imidazole rings is 1. The Kier molecular flexibility index (Phi) is 6.61. The molecule has 7 heteroatoms. The smallest absolute Gasteiger partial charge is 0.251 e. The molecule has 32 heavy (non-hydrogen) atoms. The first-order valence-corrected chi connectivity index (χ1v) is 10.7. The van der Waals surface area contributed by atoms with E-state index in [1.54, 1.807) is 31.4 Å². The van der Waals surface area contributed by atoms with Crippen LogP contribution in [0, 0.1) is 0 Å². The van der Waals surface area contributed by atoms with Gasteiger partial charge in [-0.25, -0.2) is 4.98 Å². The molecule has 3 aromatic carbocycles. The number of nitrogens with one attached hydrogen (secondary N) is 1. The van der Waals surface area contributed by atoms with Crippen LogP contribution in [0.5, 0.6) is 11.5 Å². The fourth-order valence-electron chi connectivity index (χ4n) is 3.59. The Bertz CT molecular complexity index is 1220. The van der Waals surface area contributed by atoms with Crippen molar-refractivity contribution in [2.24, 2.45) is 0 Å². The number of para-hydroxylation sites is 4. The Hall–Kier alpha value is -3.51. The van der Waals surface area contributed by atoms with Crippen molar-refractivity contribution in [3.05, 3.63) is 89.2 Å². The van der Waals surface area contributed by atoms with E-state index in [2.05, 4.69) is 9.88 Å². The van der Waals surface area contributed by atoms with Crippen LogP contribution in [0.2, 0.25) is 5.02 Å². The summed E-state index contributed by atoms with van der Waals surface area (Å²) in [6, 6.07) is 21.9. The molecule has 164 valence electrons. The second-order valence-corrected chi connectivity index (χ2v) is 7.75. The number of methoxy groups -OCH3 is 1. The molecule has 0 aliphatic heterocycles. The second-order valence-electron chi connectivity index (χ2n) is 7.31. The van der Waals surface area contributed by atoms with E-state index in [4.69, 9.17) is 26.1 Å². The second kappa shape index (κ2) is 9.75. The predicted octanol–water partition coefficient (Wildman–Crippen LogP) is 5.27. The molecule has 1 aromatic heterocycles. The molecular weight excluding hydrogens is 426 g/mol. The molecule has 0 saturated carbocycles. The lowest BCUT2D eigenvalue weighted by molar-refractivity contribution is 0.0937. The Morgan fingerprint density at radius 3 is 2.47 bits per heavy atom. The first kappa shape index (κ1) is 21.7. The predicted molar refractivity (Wildman–Crippen MR) is 126 cm³/mol. The number of fused-ring (bicyclic) bond motifs is 1. The Labute approximate surface area is 191 Å². The summed E-state index contributed by atoms with van der Waals surface area (Å²) < 4.78 is 13.4. The van der Waals surface area contributed by atoms with Crippen LogP contribution in [0.3, 0.4) is 0 Å². The van der Waals surface area contributed by atoms with Crippen molar-refractivity contribution >= 4 is 28.5 Å². The van der Waals surface area contributed by atoms with Crippen LogP contribution < -0.4 is 14.8 Å². The van der Waals surface area contributed by atoms with Gasteiger partial charge in [-0.2, -0.15) is 0 Å². The fourth-order valence-corrected chi connectivity index (χ4v) is 3.72. The molecule has 1 unspecified atom stereocenters. The molecule has 0 fully saturated rings. The van der Waals surface area contributed by atoms with E-state index in [0.29, 0.717) is 35.2 Å². The summed E-state index contributed by atoms with van der Waals surface area (Å²) in [5.74, 6) is 1.95. The topological polar surface area (TPSA) is 65.4 Å². The Morgan fingerprint density at radius 2 is 1.72 bits per heavy atom. The molecule has 6 nitrogen and oxygen atoms in total. The number of halogens is 1. The number of rotatable bonds is 8. The lowest BCUT2D eigenvalue weighted by Crippen LogP contribution is -2.29. The van der Waals surface area contributed by atoms with E-state index in [0.717, 1.165) is 16.9 Å². The first-order chi connectivity index (χ1) is 15.6. The molecule has 0 spiro atoms. The van der Waals surface area contributed by atoms with Crippen LogP contribution in [-0.4, -0.2) is 29.2 Å². The lowest BCUT2D eigenvalue weighted by Gasteiger charge is -2.17. The average molecular weight is 450 g/mol. The van der Waals surface area contributed by atoms with Gasteiger partial charge in [0.2, 0.25) is 0 Å². The average Bonchev–Trinajstić information content (AvgIpc) is 3.18. The van der Waals surface area contributed by atoms with Crippen molar-refractivity contribution in [3.63, 3.8) is 0 Å². The monoisotopic (exact) mass is 449 g/mol. The van der Waals surface area contributed by atoms with Crippen LogP contribution in [0.25, 0.3) is 11.0 Å². The normalized spacial score (nSPS) is 11.8. The van der Waals surface area contributed by atoms with Crippen molar-refractivity contribution in [3.8, 4) is 11.5 Å². The highest BCUT2D eigenvalue weighted by Gasteiger charge is 2.19. The quantitative estimate of drug-likeness (QED) is 0.398. The molecule has 0 radical (unpaired) electrons. The summed E-state index contributed by atoms with van der Waals surface area (Å²) in [6.45, 7) is 2.91. The van der Waals surface area contributed by atoms with Gasteiger partial charge in [-0.1, -0.05) is 35.9 Å². The Balaban J connectivity index is 1.54. The van der Waals surface area contributed by atoms with Gasteiger partial charge in [-0.3, -0.25) is 4.79 Å². The third-order valence-corrected chi connectivity index (χ3v) is 5.42. The van der Waals surface area contributed by atoms with Gasteiger partial charge in [0.05, 0.1) is 30.7 Å². The van der Waals surface area contributed by atoms with Crippen molar-refractivity contribution in [1.82, 2.24) is 14.9 Å². The zero-order chi connectivity index (χ0) is 22.5. The number of amides is 1. The van der Waals surface area contributed by atoms with Gasteiger partial charge in [0.1, 0.15) is 12.4 Å². The van der Waals surface area contributed by atoms with Gasteiger partial charge in [-0.05, 0) is 55.5 Å². The summed E-state index contributed by atoms with van der Waals surface area (Å²) in [4.78, 5) is 17.5. The maximum absolute atomic E-state index is 12.7. The van der Waals surface area contributed by atoms with Crippen LogP contribution >= 0.6 is 11.6 Å². The molecule has 4 rings (SSSR count). The van der Waals surface area contributed by atoms with Crippen molar-refractivity contribution in [2.45, 2.75) is 19.5 Å². The van der Waals surface area contributed by atoms with E-state index in [1.807, 2.05) is 55.5 Å². The number of aromatic nitrogens is 2. The molecule has 0 saturated heterocycles. The molecule has 0 aliphatic rings. The number of nitrogens with zero attached hydrogens (tertiary/aromatic N) is 2. The molecule has 4 aromatic rings. The minimum atomic E-state index is -0.308. The molecule has 1 N–H and O–H groups in total. The van der Waals surface area contributed by atoms with Gasteiger partial charge in [-0.15, -0.1) is 0 Å². The van der Waals surface area contributed by atoms with Crippen LogP contribution in [-0.2, 0) is 6.54 Å². The third kappa shape index (κ3) is 4.70. The highest BCUT2D eigenvalue weighted by Crippen LogP contribution is 2.26. The largest absolute Gasteiger partial charge is 0.493 e. The number of carbonyl (C=O) groups is 1. The Morgan fingerprint density at radius 1 is 1.03 bits per heavy atom. The molecule has 1 atom stereocenters. The van der Waals surface area contributed by atoms with Gasteiger partial charge in [0.15, 0.2) is 11.5 Å². The van der Waals surface area contributed by atoms with Crippen molar-refractivity contribution in [1.29, 1.82) is 0 Å². The minimum Gasteiger partial charge on any atom is -0.493 e. The van der Waals surface area contributed by atoms with Crippen LogP contribution in [0.15, 0.2) is 72.8 Å². The molecular formula is C25H24ClN3O3. The van der Waals surface area contributed by atoms with Crippen molar-refractivity contribution < 1.29 is 14.3 Å². The lowest BCUT2D eigenvalue weighted by atomic mass is 10.2. The van der Waals surface area contributed by atoms with Crippen LogP contribution in [0.1, 0.15) is 29.1 Å². The summed E-state index contributed by atoms with van der Waals surface area (Å²) >= 11 is 5.93. The molecule has 0 bridgehead atoms. The van der Waals surface area contributed by atoms with Crippen molar-refractivity contribution in [2.75, 3.05) is 13.7 Å². The number of benzene rings is 3. The number of hydrogen-bond acceptors (Lipinski definition) is 4. The molecule has 0 aliphatic carbocycles. The van der Waals surface area contributed by atoms with E-state index >= 15 is 0 Å². The minimum absolute atomic E-state index is 0.182. The van der Waals surface area contributed by atoms with E-state index in [9.17, 15) is 4.79 Å². The summed E-state index contributed by atoms with van der Waals surface area (Å²) in [7, 11) is 1.62. The highest BCUT2D eigenvalue weighted by molar-refractivity contribution is 6.30. The number of ether oxygens (including phenoxy) is 2. The molecule has 1 amide bonds. The summed E-state index contributed by atoms with van der Waals surface area (Å²) in [5, 5.41) is 3.62. The SMILES string of the molecule is COc1ccccc1OCCn1c(C(C)NC(=O)c2ccc(Cl)cc2)nc2ccccc21. The van der Waals surface area contributed by atoms with Gasteiger partial charge in [0.25, 0.3) is 5.91 Å². The van der Waals surface area contributed by atoms with E-state index in [1.165, 1.54) is 0 Å². The maximum Gasteiger partial charge on any atom is 0.251 e. The maximum atomic E-state index is 12.7. The third-order valence-electron chi connectivity index (χ3n) is 5.17. The number of hydrogen-bond donors (Lipinski definition) is 1. The summed E-state index contributed by atoms with van der Waals surface area (Å²) in [6.07, 6.45) is 0. The zero-order valence-corrected chi connectivity index (χ0v) is 18.7. The van der Waals surface area contributed by atoms with Gasteiger partial charge in [0, 0.05) is 10.6 Å². The highest BCUT2D eigenvalue weighted by atomic mass is 35.5.